The van der Waals surface area contributed by atoms with Gasteiger partial charge in [0.05, 0.1) is 17.5 Å². The van der Waals surface area contributed by atoms with E-state index in [9.17, 15) is 9.59 Å². The number of carbonyl (C=O) groups excluding carboxylic acids is 2. The highest BCUT2D eigenvalue weighted by Gasteiger charge is 2.38. The quantitative estimate of drug-likeness (QED) is 0.885. The number of amides is 2. The van der Waals surface area contributed by atoms with E-state index in [-0.39, 0.29) is 11.3 Å². The number of likely N-dealkylation sites (tertiary alicyclic amines) is 1. The van der Waals surface area contributed by atoms with Crippen molar-refractivity contribution in [3.05, 3.63) is 47.5 Å². The summed E-state index contributed by atoms with van der Waals surface area (Å²) in [6, 6.07) is 5.28. The maximum absolute atomic E-state index is 12.6. The van der Waals surface area contributed by atoms with Crippen LogP contribution in [0.25, 0.3) is 0 Å². The Morgan fingerprint density at radius 3 is 2.91 bits per heavy atom. The summed E-state index contributed by atoms with van der Waals surface area (Å²) in [5.41, 5.74) is 6.55. The predicted molar refractivity (Wildman–Crippen MR) is 83.8 cm³/mol. The number of H-pyrrole nitrogens is 1. The Labute approximate surface area is 133 Å². The summed E-state index contributed by atoms with van der Waals surface area (Å²) in [5, 5.41) is 6.84. The third kappa shape index (κ3) is 2.81. The Morgan fingerprint density at radius 2 is 2.22 bits per heavy atom. The van der Waals surface area contributed by atoms with Crippen LogP contribution in [0.1, 0.15) is 46.3 Å². The maximum Gasteiger partial charge on any atom is 0.272 e. The Bertz CT molecular complexity index is 727. The molecule has 120 valence electrons. The molecule has 2 amide bonds. The monoisotopic (exact) mass is 313 g/mol. The molecule has 0 spiro atoms. The largest absolute Gasteiger partial charge is 0.365 e. The fourth-order valence-electron chi connectivity index (χ4n) is 3.20. The van der Waals surface area contributed by atoms with Gasteiger partial charge in [0.2, 0.25) is 0 Å². The first-order valence-electron chi connectivity index (χ1n) is 7.55. The average molecular weight is 313 g/mol. The van der Waals surface area contributed by atoms with E-state index in [2.05, 4.69) is 15.2 Å². The molecule has 1 fully saturated rings. The van der Waals surface area contributed by atoms with Gasteiger partial charge in [0.1, 0.15) is 5.69 Å². The van der Waals surface area contributed by atoms with Crippen molar-refractivity contribution in [2.75, 3.05) is 13.1 Å². The van der Waals surface area contributed by atoms with E-state index < -0.39 is 5.91 Å². The highest BCUT2D eigenvalue weighted by Crippen LogP contribution is 2.34. The summed E-state index contributed by atoms with van der Waals surface area (Å²) in [6.45, 7) is 3.18. The van der Waals surface area contributed by atoms with E-state index >= 15 is 0 Å². The number of aromatic amines is 1. The molecule has 0 saturated carbocycles. The minimum atomic E-state index is -0.511. The Hall–Kier alpha value is -2.70. The van der Waals surface area contributed by atoms with Crippen molar-refractivity contribution in [3.8, 4) is 0 Å². The number of nitrogens with zero attached hydrogens (tertiary/aromatic N) is 3. The lowest BCUT2D eigenvalue weighted by atomic mass is 9.77. The zero-order valence-electron chi connectivity index (χ0n) is 13.0. The Kier molecular flexibility index (Phi) is 3.85. The zero-order valence-corrected chi connectivity index (χ0v) is 13.0. The lowest BCUT2D eigenvalue weighted by molar-refractivity contribution is 0.0641. The number of nitrogens with one attached hydrogen (secondary N) is 1. The van der Waals surface area contributed by atoms with Gasteiger partial charge in [-0.15, -0.1) is 0 Å². The summed E-state index contributed by atoms with van der Waals surface area (Å²) in [7, 11) is 0. The van der Waals surface area contributed by atoms with Gasteiger partial charge < -0.3 is 10.6 Å². The molecule has 0 aromatic carbocycles. The Balaban J connectivity index is 1.87. The van der Waals surface area contributed by atoms with Gasteiger partial charge in [0.25, 0.3) is 11.8 Å². The number of rotatable bonds is 3. The van der Waals surface area contributed by atoms with Crippen molar-refractivity contribution in [1.82, 2.24) is 20.1 Å². The van der Waals surface area contributed by atoms with E-state index in [1.165, 1.54) is 6.20 Å². The van der Waals surface area contributed by atoms with Crippen molar-refractivity contribution in [1.29, 1.82) is 0 Å². The third-order valence-electron chi connectivity index (χ3n) is 4.38. The van der Waals surface area contributed by atoms with E-state index in [1.54, 1.807) is 29.3 Å². The Morgan fingerprint density at radius 1 is 1.39 bits per heavy atom. The number of pyridine rings is 1. The van der Waals surface area contributed by atoms with E-state index in [1.807, 2.05) is 6.92 Å². The highest BCUT2D eigenvalue weighted by molar-refractivity contribution is 5.94. The van der Waals surface area contributed by atoms with Gasteiger partial charge in [-0.05, 0) is 25.0 Å². The molecule has 1 saturated heterocycles. The van der Waals surface area contributed by atoms with Gasteiger partial charge >= 0.3 is 0 Å². The van der Waals surface area contributed by atoms with Crippen LogP contribution < -0.4 is 5.73 Å². The van der Waals surface area contributed by atoms with Gasteiger partial charge in [-0.3, -0.25) is 19.7 Å². The number of piperidine rings is 1. The summed E-state index contributed by atoms with van der Waals surface area (Å²) in [6.07, 6.45) is 4.74. The molecule has 3 heterocycles. The van der Waals surface area contributed by atoms with Crippen LogP contribution in [-0.4, -0.2) is 45.0 Å². The number of carbonyl (C=O) groups is 2. The summed E-state index contributed by atoms with van der Waals surface area (Å²) >= 11 is 0. The van der Waals surface area contributed by atoms with Crippen molar-refractivity contribution < 1.29 is 9.59 Å². The number of hydrogen-bond donors (Lipinski definition) is 2. The van der Waals surface area contributed by atoms with Crippen LogP contribution in [0.4, 0.5) is 0 Å². The molecule has 1 aliphatic rings. The van der Waals surface area contributed by atoms with Crippen LogP contribution in [0.5, 0.6) is 0 Å². The van der Waals surface area contributed by atoms with Gasteiger partial charge in [-0.2, -0.15) is 5.10 Å². The van der Waals surface area contributed by atoms with Crippen LogP contribution in [0, 0.1) is 0 Å². The van der Waals surface area contributed by atoms with Crippen molar-refractivity contribution in [2.45, 2.75) is 25.2 Å². The maximum atomic E-state index is 12.6. The number of aromatic nitrogens is 3. The second-order valence-corrected chi connectivity index (χ2v) is 6.13. The summed E-state index contributed by atoms with van der Waals surface area (Å²) in [5.74, 6) is -0.611. The molecule has 2 aromatic rings. The fourth-order valence-corrected chi connectivity index (χ4v) is 3.20. The van der Waals surface area contributed by atoms with E-state index in [0.717, 1.165) is 12.8 Å². The minimum absolute atomic E-state index is 0.100. The molecule has 0 radical (unpaired) electrons. The van der Waals surface area contributed by atoms with Crippen molar-refractivity contribution >= 4 is 11.8 Å². The zero-order chi connectivity index (χ0) is 16.4. The molecule has 3 rings (SSSR count). The second-order valence-electron chi connectivity index (χ2n) is 6.13. The van der Waals surface area contributed by atoms with Gasteiger partial charge in [0.15, 0.2) is 0 Å². The topological polar surface area (TPSA) is 105 Å². The van der Waals surface area contributed by atoms with Crippen molar-refractivity contribution in [2.24, 2.45) is 5.73 Å². The summed E-state index contributed by atoms with van der Waals surface area (Å²) in [4.78, 5) is 30.1. The lowest BCUT2D eigenvalue weighted by Crippen LogP contribution is -2.48. The molecular weight excluding hydrogens is 294 g/mol. The van der Waals surface area contributed by atoms with E-state index in [0.29, 0.717) is 30.0 Å². The summed E-state index contributed by atoms with van der Waals surface area (Å²) < 4.78 is 0. The lowest BCUT2D eigenvalue weighted by Gasteiger charge is -2.40. The van der Waals surface area contributed by atoms with Crippen LogP contribution in [0.3, 0.4) is 0 Å². The first-order valence-corrected chi connectivity index (χ1v) is 7.55. The molecule has 7 heteroatoms. The van der Waals surface area contributed by atoms with E-state index in [4.69, 9.17) is 5.73 Å². The first-order chi connectivity index (χ1) is 11.0. The normalized spacial score (nSPS) is 21.2. The van der Waals surface area contributed by atoms with Crippen LogP contribution in [0.15, 0.2) is 30.6 Å². The molecule has 0 aliphatic carbocycles. The molecule has 0 bridgehead atoms. The van der Waals surface area contributed by atoms with Gasteiger partial charge in [0, 0.05) is 24.7 Å². The fraction of sp³-hybridized carbons (Fsp3) is 0.375. The molecule has 1 aliphatic heterocycles. The standard InChI is InChI=1S/C16H19N5O2/c1-16(13-11(14(17)22)9-19-20-13)6-4-8-21(10-16)15(23)12-5-2-3-7-18-12/h2-3,5,7,9H,4,6,8,10H2,1H3,(H2,17,22)(H,19,20)/t16-/m0/s1. The van der Waals surface area contributed by atoms with Crippen LogP contribution in [0.2, 0.25) is 0 Å². The highest BCUT2D eigenvalue weighted by atomic mass is 16.2. The minimum Gasteiger partial charge on any atom is -0.365 e. The smallest absolute Gasteiger partial charge is 0.272 e. The van der Waals surface area contributed by atoms with Crippen LogP contribution >= 0.6 is 0 Å². The average Bonchev–Trinajstić information content (AvgIpc) is 3.06. The van der Waals surface area contributed by atoms with Crippen LogP contribution in [-0.2, 0) is 5.41 Å². The van der Waals surface area contributed by atoms with Crippen molar-refractivity contribution in [3.63, 3.8) is 0 Å². The first kappa shape index (κ1) is 15.2. The number of hydrogen-bond acceptors (Lipinski definition) is 4. The third-order valence-corrected chi connectivity index (χ3v) is 4.38. The number of primary amides is 1. The van der Waals surface area contributed by atoms with Gasteiger partial charge in [-0.1, -0.05) is 13.0 Å². The molecule has 3 N–H and O–H groups in total. The molecule has 2 aromatic heterocycles. The molecule has 0 unspecified atom stereocenters. The molecular formula is C16H19N5O2. The molecule has 1 atom stereocenters. The predicted octanol–water partition coefficient (Wildman–Crippen LogP) is 1.10. The molecule has 7 nitrogen and oxygen atoms in total. The second kappa shape index (κ2) is 5.83. The SMILES string of the molecule is C[C@]1(c2[nH]ncc2C(N)=O)CCCN(C(=O)c2ccccn2)C1. The number of nitrogens with two attached hydrogens (primary N) is 1. The molecule has 23 heavy (non-hydrogen) atoms. The van der Waals surface area contributed by atoms with Gasteiger partial charge in [-0.25, -0.2) is 0 Å².